The summed E-state index contributed by atoms with van der Waals surface area (Å²) in [7, 11) is 1.64. The maximum absolute atomic E-state index is 13.4. The Morgan fingerprint density at radius 3 is 2.29 bits per heavy atom. The van der Waals surface area contributed by atoms with Crippen molar-refractivity contribution in [3.8, 4) is 0 Å². The molecule has 0 aromatic heterocycles. The lowest BCUT2D eigenvalue weighted by atomic mass is 9.97. The summed E-state index contributed by atoms with van der Waals surface area (Å²) in [5.41, 5.74) is -0.119. The molecule has 0 radical (unpaired) electrons. The van der Waals surface area contributed by atoms with E-state index in [2.05, 4.69) is 21.2 Å². The van der Waals surface area contributed by atoms with Crippen molar-refractivity contribution >= 4 is 15.9 Å². The van der Waals surface area contributed by atoms with Crippen LogP contribution in [0.3, 0.4) is 0 Å². The monoisotopic (exact) mass is 361 g/mol. The molecule has 0 bridgehead atoms. The molecule has 0 aliphatic carbocycles. The Morgan fingerprint density at radius 1 is 1.05 bits per heavy atom. The van der Waals surface area contributed by atoms with E-state index in [-0.39, 0.29) is 0 Å². The third-order valence-corrected chi connectivity index (χ3v) is 3.59. The van der Waals surface area contributed by atoms with Gasteiger partial charge in [0.25, 0.3) is 0 Å². The minimum Gasteiger partial charge on any atom is -0.309 e. The normalized spacial score (nSPS) is 13.2. The fourth-order valence-electron chi connectivity index (χ4n) is 2.15. The predicted molar refractivity (Wildman–Crippen MR) is 76.4 cm³/mol. The average molecular weight is 362 g/mol. The van der Waals surface area contributed by atoms with Crippen molar-refractivity contribution in [3.63, 3.8) is 0 Å². The van der Waals surface area contributed by atoms with E-state index in [1.165, 1.54) is 6.07 Å². The van der Waals surface area contributed by atoms with Gasteiger partial charge in [-0.15, -0.1) is 0 Å². The first-order chi connectivity index (χ1) is 9.82. The van der Waals surface area contributed by atoms with E-state index in [0.29, 0.717) is 5.56 Å². The van der Waals surface area contributed by atoms with E-state index >= 15 is 0 Å². The summed E-state index contributed by atoms with van der Waals surface area (Å²) < 4.78 is 52.6. The van der Waals surface area contributed by atoms with E-state index in [4.69, 9.17) is 0 Å². The van der Waals surface area contributed by atoms with E-state index in [0.717, 1.165) is 22.2 Å². The summed E-state index contributed by atoms with van der Waals surface area (Å²) in [4.78, 5) is 0. The van der Waals surface area contributed by atoms with Crippen LogP contribution in [0.1, 0.15) is 22.7 Å². The van der Waals surface area contributed by atoms with Gasteiger partial charge in [-0.3, -0.25) is 0 Å². The van der Waals surface area contributed by atoms with Crippen LogP contribution in [0.4, 0.5) is 17.6 Å². The van der Waals surface area contributed by atoms with Crippen molar-refractivity contribution in [1.29, 1.82) is 0 Å². The van der Waals surface area contributed by atoms with Crippen LogP contribution in [0, 0.1) is 5.82 Å². The van der Waals surface area contributed by atoms with Gasteiger partial charge >= 0.3 is 6.18 Å². The Morgan fingerprint density at radius 2 is 1.71 bits per heavy atom. The molecule has 2 rings (SSSR count). The Hall–Kier alpha value is -1.40. The maximum atomic E-state index is 13.4. The van der Waals surface area contributed by atoms with Crippen LogP contribution in [-0.2, 0) is 6.18 Å². The van der Waals surface area contributed by atoms with Crippen molar-refractivity contribution in [1.82, 2.24) is 5.32 Å². The minimum absolute atomic E-state index is 0.351. The van der Waals surface area contributed by atoms with Crippen LogP contribution in [0.5, 0.6) is 0 Å². The topological polar surface area (TPSA) is 12.0 Å². The largest absolute Gasteiger partial charge is 0.419 e. The van der Waals surface area contributed by atoms with Gasteiger partial charge in [-0.25, -0.2) is 4.39 Å². The minimum atomic E-state index is -4.71. The zero-order valence-electron chi connectivity index (χ0n) is 11.0. The van der Waals surface area contributed by atoms with Crippen molar-refractivity contribution in [2.75, 3.05) is 7.05 Å². The number of hydrogen-bond donors (Lipinski definition) is 1. The number of benzene rings is 2. The average Bonchev–Trinajstić information content (AvgIpc) is 2.40. The van der Waals surface area contributed by atoms with Gasteiger partial charge < -0.3 is 5.32 Å². The van der Waals surface area contributed by atoms with Crippen molar-refractivity contribution in [2.45, 2.75) is 12.2 Å². The molecular formula is C15H12BrF4N. The first kappa shape index (κ1) is 16.0. The summed E-state index contributed by atoms with van der Waals surface area (Å²) in [5.74, 6) is -1.27. The van der Waals surface area contributed by atoms with Gasteiger partial charge in [-0.2, -0.15) is 13.2 Å². The molecular weight excluding hydrogens is 350 g/mol. The highest BCUT2D eigenvalue weighted by molar-refractivity contribution is 9.10. The van der Waals surface area contributed by atoms with Crippen molar-refractivity contribution in [2.24, 2.45) is 0 Å². The van der Waals surface area contributed by atoms with E-state index in [1.807, 2.05) is 6.07 Å². The standard InChI is InChI=1S/C15H12BrF4N/c1-21-14(9-3-2-4-11(16)7-9)10-5-6-13(17)12(8-10)15(18,19)20/h2-8,14,21H,1H3. The summed E-state index contributed by atoms with van der Waals surface area (Å²) in [6, 6.07) is 9.80. The molecule has 2 aromatic rings. The lowest BCUT2D eigenvalue weighted by molar-refractivity contribution is -0.140. The van der Waals surface area contributed by atoms with Crippen LogP contribution >= 0.6 is 15.9 Å². The predicted octanol–water partition coefficient (Wildman–Crippen LogP) is 4.92. The molecule has 0 saturated carbocycles. The Kier molecular flexibility index (Phi) is 4.68. The third kappa shape index (κ3) is 3.63. The Bertz CT molecular complexity index is 640. The molecule has 1 unspecified atom stereocenters. The number of nitrogens with one attached hydrogen (secondary N) is 1. The molecule has 0 aliphatic rings. The molecule has 112 valence electrons. The van der Waals surface area contributed by atoms with Crippen molar-refractivity contribution < 1.29 is 17.6 Å². The summed E-state index contributed by atoms with van der Waals surface area (Å²) in [6.45, 7) is 0. The molecule has 1 atom stereocenters. The SMILES string of the molecule is CNC(c1cccc(Br)c1)c1ccc(F)c(C(F)(F)F)c1. The second-order valence-electron chi connectivity index (χ2n) is 4.51. The van der Waals surface area contributed by atoms with Gasteiger partial charge in [-0.1, -0.05) is 34.1 Å². The first-order valence-electron chi connectivity index (χ1n) is 6.12. The highest BCUT2D eigenvalue weighted by atomic mass is 79.9. The lowest BCUT2D eigenvalue weighted by Crippen LogP contribution is -2.19. The Labute approximate surface area is 128 Å². The van der Waals surface area contributed by atoms with Crippen LogP contribution in [0.25, 0.3) is 0 Å². The molecule has 0 spiro atoms. The fourth-order valence-corrected chi connectivity index (χ4v) is 2.57. The van der Waals surface area contributed by atoms with Crippen LogP contribution in [-0.4, -0.2) is 7.05 Å². The van der Waals surface area contributed by atoms with E-state index < -0.39 is 23.6 Å². The molecule has 2 aromatic carbocycles. The summed E-state index contributed by atoms with van der Waals surface area (Å²) >= 11 is 3.32. The zero-order valence-corrected chi connectivity index (χ0v) is 12.6. The number of alkyl halides is 3. The molecule has 0 fully saturated rings. The van der Waals surface area contributed by atoms with Crippen molar-refractivity contribution in [3.05, 3.63) is 69.4 Å². The number of rotatable bonds is 3. The second-order valence-corrected chi connectivity index (χ2v) is 5.43. The summed E-state index contributed by atoms with van der Waals surface area (Å²) in [6.07, 6.45) is -4.71. The quantitative estimate of drug-likeness (QED) is 0.765. The second kappa shape index (κ2) is 6.15. The highest BCUT2D eigenvalue weighted by Gasteiger charge is 2.34. The van der Waals surface area contributed by atoms with Gasteiger partial charge in [0.15, 0.2) is 0 Å². The highest BCUT2D eigenvalue weighted by Crippen LogP contribution is 2.34. The molecule has 6 heteroatoms. The molecule has 0 saturated heterocycles. The lowest BCUT2D eigenvalue weighted by Gasteiger charge is -2.19. The van der Waals surface area contributed by atoms with Crippen LogP contribution in [0.15, 0.2) is 46.9 Å². The van der Waals surface area contributed by atoms with Crippen LogP contribution < -0.4 is 5.32 Å². The van der Waals surface area contributed by atoms with Gasteiger partial charge in [0.2, 0.25) is 0 Å². The van der Waals surface area contributed by atoms with E-state index in [9.17, 15) is 17.6 Å². The fraction of sp³-hybridized carbons (Fsp3) is 0.200. The smallest absolute Gasteiger partial charge is 0.309 e. The first-order valence-corrected chi connectivity index (χ1v) is 6.91. The molecule has 0 amide bonds. The zero-order chi connectivity index (χ0) is 15.6. The molecule has 1 nitrogen and oxygen atoms in total. The van der Waals surface area contributed by atoms with E-state index in [1.54, 1.807) is 25.2 Å². The van der Waals surface area contributed by atoms with Gasteiger partial charge in [0.1, 0.15) is 5.82 Å². The van der Waals surface area contributed by atoms with Gasteiger partial charge in [0, 0.05) is 4.47 Å². The van der Waals surface area contributed by atoms with Crippen LogP contribution in [0.2, 0.25) is 0 Å². The van der Waals surface area contributed by atoms with Gasteiger partial charge in [0.05, 0.1) is 11.6 Å². The number of halogens is 5. The Balaban J connectivity index is 2.49. The molecule has 0 aliphatic heterocycles. The molecule has 21 heavy (non-hydrogen) atoms. The maximum Gasteiger partial charge on any atom is 0.419 e. The van der Waals surface area contributed by atoms with Gasteiger partial charge in [-0.05, 0) is 42.4 Å². The molecule has 0 heterocycles. The number of hydrogen-bond acceptors (Lipinski definition) is 1. The third-order valence-electron chi connectivity index (χ3n) is 3.10. The summed E-state index contributed by atoms with van der Waals surface area (Å²) in [5, 5.41) is 2.95. The molecule has 1 N–H and O–H groups in total.